The van der Waals surface area contributed by atoms with Crippen LogP contribution in [0.5, 0.6) is 0 Å². The summed E-state index contributed by atoms with van der Waals surface area (Å²) in [6, 6.07) is 13.6. The number of pyridine rings is 1. The summed E-state index contributed by atoms with van der Waals surface area (Å²) in [6.07, 6.45) is -1.24. The van der Waals surface area contributed by atoms with Crippen molar-refractivity contribution in [3.63, 3.8) is 0 Å². The molecule has 1 N–H and O–H groups in total. The number of benzene rings is 2. The number of aromatic nitrogens is 3. The van der Waals surface area contributed by atoms with Crippen molar-refractivity contribution in [3.05, 3.63) is 82.6 Å². The van der Waals surface area contributed by atoms with Gasteiger partial charge >= 0.3 is 6.18 Å². The molecule has 0 bridgehead atoms. The van der Waals surface area contributed by atoms with E-state index < -0.39 is 11.7 Å². The molecule has 146 valence electrons. The fraction of sp³-hybridized carbons (Fsp3) is 0.0476. The summed E-state index contributed by atoms with van der Waals surface area (Å²) in [5, 5.41) is 0.751. The van der Waals surface area contributed by atoms with Crippen LogP contribution < -0.4 is 0 Å². The van der Waals surface area contributed by atoms with Crippen molar-refractivity contribution in [2.75, 3.05) is 0 Å². The summed E-state index contributed by atoms with van der Waals surface area (Å²) >= 11 is 12.1. The molecular weight excluding hydrogens is 422 g/mol. The van der Waals surface area contributed by atoms with Gasteiger partial charge in [0.15, 0.2) is 0 Å². The lowest BCUT2D eigenvalue weighted by Gasteiger charge is -2.08. The molecule has 0 aliphatic heterocycles. The Hall–Kier alpha value is -2.83. The normalized spacial score (nSPS) is 11.6. The molecule has 8 heteroatoms. The van der Waals surface area contributed by atoms with Gasteiger partial charge in [-0.25, -0.2) is 4.98 Å². The number of H-pyrrole nitrogens is 1. The molecule has 0 saturated heterocycles. The van der Waals surface area contributed by atoms with Crippen LogP contribution in [0.4, 0.5) is 13.2 Å². The van der Waals surface area contributed by atoms with Crippen LogP contribution in [0.15, 0.2) is 67.0 Å². The van der Waals surface area contributed by atoms with Crippen molar-refractivity contribution in [1.29, 1.82) is 0 Å². The van der Waals surface area contributed by atoms with E-state index in [4.69, 9.17) is 23.2 Å². The van der Waals surface area contributed by atoms with Crippen LogP contribution in [0.3, 0.4) is 0 Å². The van der Waals surface area contributed by atoms with Crippen LogP contribution in [0.1, 0.15) is 5.56 Å². The summed E-state index contributed by atoms with van der Waals surface area (Å²) in [5.74, 6) is 0.461. The first-order valence-electron chi connectivity index (χ1n) is 8.46. The fourth-order valence-electron chi connectivity index (χ4n) is 2.93. The number of hydrogen-bond donors (Lipinski definition) is 1. The van der Waals surface area contributed by atoms with E-state index in [2.05, 4.69) is 15.0 Å². The van der Waals surface area contributed by atoms with Gasteiger partial charge in [-0.15, -0.1) is 0 Å². The topological polar surface area (TPSA) is 41.6 Å². The quantitative estimate of drug-likeness (QED) is 0.373. The highest BCUT2D eigenvalue weighted by atomic mass is 35.5. The maximum Gasteiger partial charge on any atom is 0.416 e. The van der Waals surface area contributed by atoms with Crippen LogP contribution in [0.2, 0.25) is 10.0 Å². The zero-order valence-electron chi connectivity index (χ0n) is 14.6. The van der Waals surface area contributed by atoms with Gasteiger partial charge in [-0.1, -0.05) is 35.3 Å². The van der Waals surface area contributed by atoms with E-state index in [-0.39, 0.29) is 0 Å². The largest absolute Gasteiger partial charge is 0.416 e. The Morgan fingerprint density at radius 3 is 2.24 bits per heavy atom. The molecule has 0 atom stereocenters. The molecule has 0 unspecified atom stereocenters. The molecule has 0 aliphatic carbocycles. The molecule has 0 amide bonds. The lowest BCUT2D eigenvalue weighted by atomic mass is 10.0. The molecule has 2 aromatic heterocycles. The Morgan fingerprint density at radius 2 is 1.55 bits per heavy atom. The molecule has 2 aromatic carbocycles. The van der Waals surface area contributed by atoms with Gasteiger partial charge < -0.3 is 4.98 Å². The number of nitrogens with one attached hydrogen (secondary N) is 1. The van der Waals surface area contributed by atoms with Crippen LogP contribution >= 0.6 is 23.2 Å². The van der Waals surface area contributed by atoms with Gasteiger partial charge in [0.05, 0.1) is 27.0 Å². The zero-order valence-corrected chi connectivity index (χ0v) is 16.1. The Kier molecular flexibility index (Phi) is 5.06. The van der Waals surface area contributed by atoms with Crippen LogP contribution in [0.25, 0.3) is 33.9 Å². The van der Waals surface area contributed by atoms with Gasteiger partial charge in [0.2, 0.25) is 0 Å². The lowest BCUT2D eigenvalue weighted by molar-refractivity contribution is -0.137. The van der Waals surface area contributed by atoms with Gasteiger partial charge in [0.1, 0.15) is 5.82 Å². The van der Waals surface area contributed by atoms with E-state index in [9.17, 15) is 13.2 Å². The minimum absolute atomic E-state index is 0.342. The molecule has 0 spiro atoms. The number of halogens is 5. The summed E-state index contributed by atoms with van der Waals surface area (Å²) in [6.45, 7) is 0. The van der Waals surface area contributed by atoms with Crippen LogP contribution in [0, 0.1) is 0 Å². The van der Waals surface area contributed by atoms with Gasteiger partial charge in [-0.3, -0.25) is 4.98 Å². The average Bonchev–Trinajstić information content (AvgIpc) is 3.16. The molecule has 0 saturated carbocycles. The number of rotatable bonds is 3. The maximum atomic E-state index is 13.2. The smallest absolute Gasteiger partial charge is 0.337 e. The average molecular weight is 434 g/mol. The highest BCUT2D eigenvalue weighted by molar-refractivity contribution is 6.42. The molecule has 4 aromatic rings. The highest BCUT2D eigenvalue weighted by Crippen LogP contribution is 2.37. The molecule has 4 rings (SSSR count). The van der Waals surface area contributed by atoms with Crippen LogP contribution in [-0.4, -0.2) is 15.0 Å². The van der Waals surface area contributed by atoms with Gasteiger partial charge in [-0.05, 0) is 42.5 Å². The molecular formula is C21H12Cl2F3N3. The minimum atomic E-state index is -4.45. The molecule has 0 fully saturated rings. The van der Waals surface area contributed by atoms with E-state index >= 15 is 0 Å². The Morgan fingerprint density at radius 1 is 0.793 bits per heavy atom. The van der Waals surface area contributed by atoms with E-state index in [1.807, 2.05) is 0 Å². The van der Waals surface area contributed by atoms with Crippen molar-refractivity contribution in [2.45, 2.75) is 6.18 Å². The Balaban J connectivity index is 1.91. The first kappa shape index (κ1) is 19.5. The van der Waals surface area contributed by atoms with E-state index in [1.54, 1.807) is 48.8 Å². The predicted octanol–water partition coefficient (Wildman–Crippen LogP) is 7.13. The summed E-state index contributed by atoms with van der Waals surface area (Å²) in [4.78, 5) is 11.8. The molecule has 3 nitrogen and oxygen atoms in total. The first-order valence-corrected chi connectivity index (χ1v) is 9.22. The maximum absolute atomic E-state index is 13.2. The molecule has 29 heavy (non-hydrogen) atoms. The number of nitrogens with zero attached hydrogens (tertiary/aromatic N) is 2. The Labute approximate surface area is 174 Å². The van der Waals surface area contributed by atoms with Gasteiger partial charge in [0, 0.05) is 29.1 Å². The van der Waals surface area contributed by atoms with E-state index in [1.165, 1.54) is 6.07 Å². The van der Waals surface area contributed by atoms with Crippen molar-refractivity contribution in [1.82, 2.24) is 15.0 Å². The SMILES string of the molecule is FC(F)(F)c1cccc(-c2nc(-c3ccc(Cl)c(Cl)c3)[nH]c2-c2ccncc2)c1. The lowest BCUT2D eigenvalue weighted by Crippen LogP contribution is -2.04. The van der Waals surface area contributed by atoms with Gasteiger partial charge in [0.25, 0.3) is 0 Å². The van der Waals surface area contributed by atoms with Crippen molar-refractivity contribution in [3.8, 4) is 33.9 Å². The molecule has 2 heterocycles. The second-order valence-corrected chi connectivity index (χ2v) is 7.07. The summed E-state index contributed by atoms with van der Waals surface area (Å²) < 4.78 is 39.6. The first-order chi connectivity index (χ1) is 13.8. The summed E-state index contributed by atoms with van der Waals surface area (Å²) in [7, 11) is 0. The minimum Gasteiger partial charge on any atom is -0.337 e. The van der Waals surface area contributed by atoms with E-state index in [0.717, 1.165) is 17.7 Å². The van der Waals surface area contributed by atoms with Crippen molar-refractivity contribution >= 4 is 23.2 Å². The molecule has 0 radical (unpaired) electrons. The fourth-order valence-corrected chi connectivity index (χ4v) is 3.23. The molecule has 0 aliphatic rings. The standard InChI is InChI=1S/C21H12Cl2F3N3/c22-16-5-4-14(11-17(16)23)20-28-18(12-6-8-27-9-7-12)19(29-20)13-2-1-3-15(10-13)21(24,25)26/h1-11H,(H,28,29). The van der Waals surface area contributed by atoms with E-state index in [0.29, 0.717) is 38.4 Å². The third-order valence-electron chi connectivity index (χ3n) is 4.33. The van der Waals surface area contributed by atoms with Crippen molar-refractivity contribution in [2.24, 2.45) is 0 Å². The number of alkyl halides is 3. The Bertz CT molecular complexity index is 1170. The number of imidazole rings is 1. The number of aromatic amines is 1. The second-order valence-electron chi connectivity index (χ2n) is 6.25. The van der Waals surface area contributed by atoms with Gasteiger partial charge in [-0.2, -0.15) is 13.2 Å². The second kappa shape index (κ2) is 7.54. The zero-order chi connectivity index (χ0) is 20.6. The predicted molar refractivity (Wildman–Crippen MR) is 108 cm³/mol. The monoisotopic (exact) mass is 433 g/mol. The highest BCUT2D eigenvalue weighted by Gasteiger charge is 2.31. The van der Waals surface area contributed by atoms with Crippen molar-refractivity contribution < 1.29 is 13.2 Å². The third kappa shape index (κ3) is 3.99. The summed E-state index contributed by atoms with van der Waals surface area (Å²) in [5.41, 5.74) is 1.97. The van der Waals surface area contributed by atoms with Crippen LogP contribution in [-0.2, 0) is 6.18 Å². The third-order valence-corrected chi connectivity index (χ3v) is 5.07. The number of hydrogen-bond acceptors (Lipinski definition) is 2.